The minimum Gasteiger partial charge on any atom is -0.376 e. The highest BCUT2D eigenvalue weighted by Crippen LogP contribution is 2.17. The average Bonchev–Trinajstić information content (AvgIpc) is 3.11. The van der Waals surface area contributed by atoms with Crippen molar-refractivity contribution < 1.29 is 13.2 Å². The standard InChI is InChI=1S/C14H17N3O4S/c18-13-15-16-14(17(13)9-12-7-4-8-21-12)22(19,20)10-11-5-2-1-3-6-11/h1-3,5-6,12H,4,7-10H2,(H,15,18)/t12-/m0/s1. The number of hydrogen-bond donors (Lipinski definition) is 1. The molecular formula is C14H17N3O4S. The van der Waals surface area contributed by atoms with Crippen LogP contribution in [0.1, 0.15) is 18.4 Å². The van der Waals surface area contributed by atoms with Gasteiger partial charge in [0.2, 0.25) is 9.84 Å². The summed E-state index contributed by atoms with van der Waals surface area (Å²) in [6, 6.07) is 8.82. The molecule has 3 rings (SSSR count). The summed E-state index contributed by atoms with van der Waals surface area (Å²) in [6.45, 7) is 0.849. The Labute approximate surface area is 127 Å². The molecule has 1 aliphatic heterocycles. The van der Waals surface area contributed by atoms with Crippen LogP contribution in [-0.4, -0.2) is 35.9 Å². The molecule has 0 spiro atoms. The van der Waals surface area contributed by atoms with Crippen LogP contribution in [0.3, 0.4) is 0 Å². The fourth-order valence-electron chi connectivity index (χ4n) is 2.55. The summed E-state index contributed by atoms with van der Waals surface area (Å²) in [5.74, 6) is -0.191. The number of sulfone groups is 1. The van der Waals surface area contributed by atoms with Gasteiger partial charge in [0.1, 0.15) is 0 Å². The lowest BCUT2D eigenvalue weighted by molar-refractivity contribution is 0.0940. The van der Waals surface area contributed by atoms with E-state index >= 15 is 0 Å². The second-order valence-corrected chi connectivity index (χ2v) is 7.18. The fraction of sp³-hybridized carbons (Fsp3) is 0.429. The number of ether oxygens (including phenoxy) is 1. The van der Waals surface area contributed by atoms with E-state index in [0.29, 0.717) is 12.2 Å². The van der Waals surface area contributed by atoms with E-state index in [1.54, 1.807) is 24.3 Å². The lowest BCUT2D eigenvalue weighted by Gasteiger charge is -2.11. The van der Waals surface area contributed by atoms with Crippen molar-refractivity contribution in [2.75, 3.05) is 6.61 Å². The molecule has 1 atom stereocenters. The second kappa shape index (κ2) is 6.05. The van der Waals surface area contributed by atoms with Crippen LogP contribution >= 0.6 is 0 Å². The summed E-state index contributed by atoms with van der Waals surface area (Å²) in [6.07, 6.45) is 1.60. The van der Waals surface area contributed by atoms with Crippen LogP contribution in [0.4, 0.5) is 0 Å². The van der Waals surface area contributed by atoms with Crippen LogP contribution in [0.15, 0.2) is 40.3 Å². The Morgan fingerprint density at radius 1 is 1.32 bits per heavy atom. The Morgan fingerprint density at radius 3 is 2.77 bits per heavy atom. The van der Waals surface area contributed by atoms with Gasteiger partial charge in [-0.3, -0.25) is 4.57 Å². The molecule has 0 radical (unpaired) electrons. The van der Waals surface area contributed by atoms with E-state index in [1.165, 1.54) is 0 Å². The van der Waals surface area contributed by atoms with E-state index in [1.807, 2.05) is 6.07 Å². The highest BCUT2D eigenvalue weighted by atomic mass is 32.2. The summed E-state index contributed by atoms with van der Waals surface area (Å²) >= 11 is 0. The SMILES string of the molecule is O=c1[nH]nc(S(=O)(=O)Cc2ccccc2)n1C[C@@H]1CCCO1. The van der Waals surface area contributed by atoms with Gasteiger partial charge in [0.05, 0.1) is 18.4 Å². The van der Waals surface area contributed by atoms with E-state index in [0.717, 1.165) is 17.4 Å². The molecule has 1 aliphatic rings. The Kier molecular flexibility index (Phi) is 4.12. The van der Waals surface area contributed by atoms with Crippen molar-refractivity contribution >= 4 is 9.84 Å². The smallest absolute Gasteiger partial charge is 0.344 e. The van der Waals surface area contributed by atoms with Crippen LogP contribution in [0.25, 0.3) is 0 Å². The quantitative estimate of drug-likeness (QED) is 0.875. The predicted molar refractivity (Wildman–Crippen MR) is 79.2 cm³/mol. The molecule has 0 bridgehead atoms. The zero-order valence-electron chi connectivity index (χ0n) is 11.9. The molecule has 118 valence electrons. The third kappa shape index (κ3) is 3.12. The largest absolute Gasteiger partial charge is 0.376 e. The fourth-order valence-corrected chi connectivity index (χ4v) is 3.99. The Bertz CT molecular complexity index is 789. The molecular weight excluding hydrogens is 306 g/mol. The molecule has 0 aliphatic carbocycles. The Morgan fingerprint density at radius 2 is 2.09 bits per heavy atom. The number of hydrogen-bond acceptors (Lipinski definition) is 5. The molecule has 1 fully saturated rings. The first-order valence-corrected chi connectivity index (χ1v) is 8.75. The molecule has 7 nitrogen and oxygen atoms in total. The average molecular weight is 323 g/mol. The third-order valence-corrected chi connectivity index (χ3v) is 5.19. The Hall–Kier alpha value is -1.93. The molecule has 22 heavy (non-hydrogen) atoms. The van der Waals surface area contributed by atoms with E-state index in [2.05, 4.69) is 10.2 Å². The molecule has 8 heteroatoms. The van der Waals surface area contributed by atoms with Gasteiger partial charge in [0, 0.05) is 6.61 Å². The minimum absolute atomic E-state index is 0.138. The van der Waals surface area contributed by atoms with Crippen molar-refractivity contribution in [3.63, 3.8) is 0 Å². The molecule has 0 amide bonds. The van der Waals surface area contributed by atoms with Crippen LogP contribution in [-0.2, 0) is 26.9 Å². The first-order chi connectivity index (χ1) is 10.6. The topological polar surface area (TPSA) is 94.0 Å². The zero-order chi connectivity index (χ0) is 15.6. The highest BCUT2D eigenvalue weighted by molar-refractivity contribution is 7.90. The normalized spacial score (nSPS) is 18.6. The third-order valence-electron chi connectivity index (χ3n) is 3.61. The number of aromatic nitrogens is 3. The molecule has 2 heterocycles. The van der Waals surface area contributed by atoms with Gasteiger partial charge in [0.15, 0.2) is 0 Å². The zero-order valence-corrected chi connectivity index (χ0v) is 12.8. The lowest BCUT2D eigenvalue weighted by Crippen LogP contribution is -2.27. The van der Waals surface area contributed by atoms with Crippen molar-refractivity contribution in [1.29, 1.82) is 0 Å². The maximum atomic E-state index is 12.5. The first kappa shape index (κ1) is 15.0. The highest BCUT2D eigenvalue weighted by Gasteiger charge is 2.26. The van der Waals surface area contributed by atoms with Crippen LogP contribution in [0.5, 0.6) is 0 Å². The maximum absolute atomic E-state index is 12.5. The van der Waals surface area contributed by atoms with Crippen LogP contribution in [0, 0.1) is 0 Å². The van der Waals surface area contributed by atoms with E-state index in [-0.39, 0.29) is 23.6 Å². The lowest BCUT2D eigenvalue weighted by atomic mass is 10.2. The van der Waals surface area contributed by atoms with Gasteiger partial charge < -0.3 is 4.74 Å². The van der Waals surface area contributed by atoms with Crippen molar-refractivity contribution in [2.24, 2.45) is 0 Å². The van der Waals surface area contributed by atoms with E-state index in [9.17, 15) is 13.2 Å². The van der Waals surface area contributed by atoms with Gasteiger partial charge in [-0.15, -0.1) is 5.10 Å². The van der Waals surface area contributed by atoms with E-state index < -0.39 is 15.5 Å². The summed E-state index contributed by atoms with van der Waals surface area (Å²) in [5.41, 5.74) is 0.128. The number of rotatable bonds is 5. The number of nitrogens with zero attached hydrogens (tertiary/aromatic N) is 2. The maximum Gasteiger partial charge on any atom is 0.344 e. The van der Waals surface area contributed by atoms with E-state index in [4.69, 9.17) is 4.74 Å². The predicted octanol–water partition coefficient (Wildman–Crippen LogP) is 0.724. The number of aromatic amines is 1. The summed E-state index contributed by atoms with van der Waals surface area (Å²) in [4.78, 5) is 11.9. The van der Waals surface area contributed by atoms with Gasteiger partial charge in [0.25, 0.3) is 5.16 Å². The molecule has 0 saturated carbocycles. The Balaban J connectivity index is 1.88. The molecule has 1 N–H and O–H groups in total. The van der Waals surface area contributed by atoms with Crippen LogP contribution < -0.4 is 5.69 Å². The molecule has 0 unspecified atom stereocenters. The number of H-pyrrole nitrogens is 1. The monoisotopic (exact) mass is 323 g/mol. The molecule has 1 aromatic carbocycles. The van der Waals surface area contributed by atoms with Gasteiger partial charge in [-0.05, 0) is 18.4 Å². The minimum atomic E-state index is -3.70. The molecule has 1 aromatic heterocycles. The van der Waals surface area contributed by atoms with Gasteiger partial charge in [-0.25, -0.2) is 18.3 Å². The van der Waals surface area contributed by atoms with Crippen molar-refractivity contribution in [1.82, 2.24) is 14.8 Å². The van der Waals surface area contributed by atoms with Gasteiger partial charge in [-0.2, -0.15) is 0 Å². The summed E-state index contributed by atoms with van der Waals surface area (Å²) in [7, 11) is -3.70. The number of benzene rings is 1. The van der Waals surface area contributed by atoms with Gasteiger partial charge >= 0.3 is 5.69 Å². The summed E-state index contributed by atoms with van der Waals surface area (Å²) < 4.78 is 31.7. The first-order valence-electron chi connectivity index (χ1n) is 7.10. The van der Waals surface area contributed by atoms with Gasteiger partial charge in [-0.1, -0.05) is 30.3 Å². The van der Waals surface area contributed by atoms with Crippen molar-refractivity contribution in [3.05, 3.63) is 46.4 Å². The summed E-state index contributed by atoms with van der Waals surface area (Å²) in [5, 5.41) is 5.71. The van der Waals surface area contributed by atoms with Crippen LogP contribution in [0.2, 0.25) is 0 Å². The molecule has 2 aromatic rings. The molecule has 1 saturated heterocycles. The second-order valence-electron chi connectivity index (χ2n) is 5.30. The van der Waals surface area contributed by atoms with Crippen molar-refractivity contribution in [2.45, 2.75) is 36.4 Å². The van der Waals surface area contributed by atoms with Crippen molar-refractivity contribution in [3.8, 4) is 0 Å². The number of nitrogens with one attached hydrogen (secondary N) is 1.